The van der Waals surface area contributed by atoms with Gasteiger partial charge in [0.1, 0.15) is 24.7 Å². The topological polar surface area (TPSA) is 61.8 Å². The van der Waals surface area contributed by atoms with Gasteiger partial charge in [0.25, 0.3) is 10.1 Å². The lowest BCUT2D eigenvalue weighted by atomic mass is 10.3. The molecule has 16 heavy (non-hydrogen) atoms. The minimum absolute atomic E-state index is 0.00393. The molecule has 0 spiro atoms. The Balaban J connectivity index is 2.37. The van der Waals surface area contributed by atoms with Gasteiger partial charge in [0.2, 0.25) is 0 Å². The molecular weight excluding hydrogens is 232 g/mol. The van der Waals surface area contributed by atoms with E-state index in [4.69, 9.17) is 9.47 Å². The van der Waals surface area contributed by atoms with Crippen LogP contribution in [0.2, 0.25) is 0 Å². The van der Waals surface area contributed by atoms with E-state index in [1.807, 2.05) is 0 Å². The van der Waals surface area contributed by atoms with E-state index in [0.717, 1.165) is 6.26 Å². The van der Waals surface area contributed by atoms with E-state index in [9.17, 15) is 8.42 Å². The Hall–Kier alpha value is -1.27. The molecule has 1 aromatic carbocycles. The summed E-state index contributed by atoms with van der Waals surface area (Å²) < 4.78 is 36.1. The smallest absolute Gasteiger partial charge is 0.264 e. The van der Waals surface area contributed by atoms with Gasteiger partial charge in [0.15, 0.2) is 0 Å². The first-order valence-corrected chi connectivity index (χ1v) is 6.44. The molecule has 0 saturated carbocycles. The van der Waals surface area contributed by atoms with Gasteiger partial charge in [-0.25, -0.2) is 0 Å². The maximum atomic E-state index is 10.6. The van der Waals surface area contributed by atoms with E-state index in [1.165, 1.54) is 0 Å². The molecule has 0 unspecified atom stereocenters. The van der Waals surface area contributed by atoms with E-state index < -0.39 is 10.1 Å². The van der Waals surface area contributed by atoms with E-state index in [0.29, 0.717) is 11.5 Å². The van der Waals surface area contributed by atoms with Crippen molar-refractivity contribution < 1.29 is 22.1 Å². The molecule has 0 aromatic heterocycles. The van der Waals surface area contributed by atoms with Crippen molar-refractivity contribution >= 4 is 10.1 Å². The minimum atomic E-state index is -3.40. The summed E-state index contributed by atoms with van der Waals surface area (Å²) in [5.74, 6) is 1.29. The van der Waals surface area contributed by atoms with E-state index in [-0.39, 0.29) is 13.2 Å². The first kappa shape index (κ1) is 12.8. The molecule has 0 aliphatic rings. The van der Waals surface area contributed by atoms with Gasteiger partial charge in [-0.3, -0.25) is 4.18 Å². The number of ether oxygens (including phenoxy) is 2. The molecule has 0 fully saturated rings. The number of hydrogen-bond acceptors (Lipinski definition) is 5. The second-order valence-corrected chi connectivity index (χ2v) is 4.70. The summed E-state index contributed by atoms with van der Waals surface area (Å²) in [6.07, 6.45) is 0.999. The lowest BCUT2D eigenvalue weighted by Gasteiger charge is -2.07. The van der Waals surface area contributed by atoms with Crippen molar-refractivity contribution in [3.05, 3.63) is 24.3 Å². The van der Waals surface area contributed by atoms with Crippen molar-refractivity contribution in [2.45, 2.75) is 0 Å². The van der Waals surface area contributed by atoms with Crippen LogP contribution in [0, 0.1) is 0 Å². The zero-order valence-electron chi connectivity index (χ0n) is 9.17. The summed E-state index contributed by atoms with van der Waals surface area (Å²) in [6.45, 7) is 0.163. The number of hydrogen-bond donors (Lipinski definition) is 0. The predicted molar refractivity (Wildman–Crippen MR) is 59.3 cm³/mol. The van der Waals surface area contributed by atoms with Gasteiger partial charge >= 0.3 is 0 Å². The molecule has 90 valence electrons. The molecule has 0 aliphatic heterocycles. The summed E-state index contributed by atoms with van der Waals surface area (Å²) in [5, 5.41) is 0. The van der Waals surface area contributed by atoms with Crippen molar-refractivity contribution in [2.24, 2.45) is 0 Å². The molecule has 0 radical (unpaired) electrons. The van der Waals surface area contributed by atoms with Crippen molar-refractivity contribution in [2.75, 3.05) is 26.6 Å². The Morgan fingerprint density at radius 1 is 1.19 bits per heavy atom. The third-order valence-corrected chi connectivity index (χ3v) is 2.29. The highest BCUT2D eigenvalue weighted by Gasteiger charge is 2.01. The Morgan fingerprint density at radius 3 is 2.50 bits per heavy atom. The van der Waals surface area contributed by atoms with Gasteiger partial charge in [-0.2, -0.15) is 8.42 Å². The lowest BCUT2D eigenvalue weighted by Crippen LogP contribution is -2.11. The third-order valence-electron chi connectivity index (χ3n) is 1.69. The molecule has 5 nitrogen and oxygen atoms in total. The molecule has 0 saturated heterocycles. The summed E-state index contributed by atoms with van der Waals surface area (Å²) in [5.41, 5.74) is 0. The van der Waals surface area contributed by atoms with Crippen molar-refractivity contribution in [3.8, 4) is 11.5 Å². The maximum absolute atomic E-state index is 10.6. The van der Waals surface area contributed by atoms with Crippen molar-refractivity contribution in [1.29, 1.82) is 0 Å². The van der Waals surface area contributed by atoms with Crippen molar-refractivity contribution in [1.82, 2.24) is 0 Å². The highest BCUT2D eigenvalue weighted by Crippen LogP contribution is 2.18. The van der Waals surface area contributed by atoms with Gasteiger partial charge in [-0.1, -0.05) is 6.07 Å². The Bertz CT molecular complexity index is 427. The van der Waals surface area contributed by atoms with E-state index >= 15 is 0 Å². The molecule has 0 N–H and O–H groups in total. The average molecular weight is 246 g/mol. The van der Waals surface area contributed by atoms with Crippen LogP contribution in [0.5, 0.6) is 11.5 Å². The van der Waals surface area contributed by atoms with Crippen LogP contribution < -0.4 is 9.47 Å². The number of benzene rings is 1. The van der Waals surface area contributed by atoms with Crippen LogP contribution in [0.4, 0.5) is 0 Å². The second-order valence-electron chi connectivity index (χ2n) is 3.05. The van der Waals surface area contributed by atoms with E-state index in [2.05, 4.69) is 4.18 Å². The van der Waals surface area contributed by atoms with Gasteiger partial charge in [-0.05, 0) is 12.1 Å². The van der Waals surface area contributed by atoms with Crippen LogP contribution in [0.15, 0.2) is 24.3 Å². The molecule has 0 heterocycles. The molecule has 0 atom stereocenters. The highest BCUT2D eigenvalue weighted by atomic mass is 32.2. The summed E-state index contributed by atoms with van der Waals surface area (Å²) >= 11 is 0. The largest absolute Gasteiger partial charge is 0.497 e. The molecule has 1 rings (SSSR count). The van der Waals surface area contributed by atoms with Crippen LogP contribution in [-0.4, -0.2) is 35.0 Å². The summed E-state index contributed by atoms with van der Waals surface area (Å²) in [6, 6.07) is 7.04. The van der Waals surface area contributed by atoms with Crippen LogP contribution in [0.3, 0.4) is 0 Å². The molecule has 0 amide bonds. The van der Waals surface area contributed by atoms with Crippen LogP contribution in [0.25, 0.3) is 0 Å². The summed E-state index contributed by atoms with van der Waals surface area (Å²) in [4.78, 5) is 0. The summed E-state index contributed by atoms with van der Waals surface area (Å²) in [7, 11) is -1.83. The van der Waals surface area contributed by atoms with Gasteiger partial charge < -0.3 is 9.47 Å². The monoisotopic (exact) mass is 246 g/mol. The van der Waals surface area contributed by atoms with Gasteiger partial charge in [0.05, 0.1) is 13.4 Å². The fourth-order valence-electron chi connectivity index (χ4n) is 1.04. The highest BCUT2D eigenvalue weighted by molar-refractivity contribution is 7.85. The quantitative estimate of drug-likeness (QED) is 0.554. The number of rotatable bonds is 6. The molecule has 0 aliphatic carbocycles. The Labute approximate surface area is 95.1 Å². The first-order valence-electron chi connectivity index (χ1n) is 4.62. The fraction of sp³-hybridized carbons (Fsp3) is 0.400. The van der Waals surface area contributed by atoms with Gasteiger partial charge in [0, 0.05) is 6.07 Å². The molecule has 0 bridgehead atoms. The zero-order chi connectivity index (χ0) is 12.0. The Kier molecular flexibility index (Phi) is 4.57. The SMILES string of the molecule is COc1cccc(OCCOS(C)(=O)=O)c1. The maximum Gasteiger partial charge on any atom is 0.264 e. The average Bonchev–Trinajstić information content (AvgIpc) is 2.23. The lowest BCUT2D eigenvalue weighted by molar-refractivity contribution is 0.222. The normalized spacial score (nSPS) is 11.1. The van der Waals surface area contributed by atoms with Crippen LogP contribution in [0.1, 0.15) is 0 Å². The van der Waals surface area contributed by atoms with E-state index in [1.54, 1.807) is 31.4 Å². The minimum Gasteiger partial charge on any atom is -0.497 e. The molecular formula is C10H14O5S. The van der Waals surface area contributed by atoms with Crippen molar-refractivity contribution in [3.63, 3.8) is 0 Å². The Morgan fingerprint density at radius 2 is 1.88 bits per heavy atom. The standard InChI is InChI=1S/C10H14O5S/c1-13-9-4-3-5-10(8-9)14-6-7-15-16(2,11)12/h3-5,8H,6-7H2,1-2H3. The fourth-order valence-corrected chi connectivity index (χ4v) is 1.41. The van der Waals surface area contributed by atoms with Gasteiger partial charge in [-0.15, -0.1) is 0 Å². The number of methoxy groups -OCH3 is 1. The molecule has 6 heteroatoms. The van der Waals surface area contributed by atoms with Crippen LogP contribution in [-0.2, 0) is 14.3 Å². The predicted octanol–water partition coefficient (Wildman–Crippen LogP) is 1.05. The zero-order valence-corrected chi connectivity index (χ0v) is 9.99. The van der Waals surface area contributed by atoms with Crippen LogP contribution >= 0.6 is 0 Å². The first-order chi connectivity index (χ1) is 7.51. The molecule has 1 aromatic rings. The third kappa shape index (κ3) is 4.99. The second kappa shape index (κ2) is 5.72.